The highest BCUT2D eigenvalue weighted by atomic mass is 32.2. The van der Waals surface area contributed by atoms with Gasteiger partial charge in [-0.2, -0.15) is 8.70 Å². The molecule has 1 aromatic carbocycles. The van der Waals surface area contributed by atoms with Gasteiger partial charge in [0.1, 0.15) is 0 Å². The second kappa shape index (κ2) is 10.2. The number of aliphatic hydroxyl groups is 1. The standard InChI is InChI=1S/C20H23FN4O6S2/c21-17-10-22-20(32-17)23-19(27)18(24-31-15-7-9-30-12-15)13-3-5-16(6-4-13)33(28,29)25-8-1-2-14(25)11-26/h3-6,10,14-15,26H,1-2,7-9,11-12H2,(H,22,23,27)/t14-,15+/m0/s1. The molecule has 2 fully saturated rings. The maximum Gasteiger partial charge on any atom is 0.280 e. The van der Waals surface area contributed by atoms with Gasteiger partial charge in [-0.3, -0.25) is 10.1 Å². The average Bonchev–Trinajstić information content (AvgIpc) is 3.56. The molecule has 2 N–H and O–H groups in total. The van der Waals surface area contributed by atoms with Gasteiger partial charge in [0.05, 0.1) is 30.9 Å². The van der Waals surface area contributed by atoms with Gasteiger partial charge in [0.2, 0.25) is 10.0 Å². The SMILES string of the molecule is O=C(Nc1ncc(F)s1)C(=NO[C@@H]1CCOC1)c1ccc(S(=O)(=O)N2CCC[C@H]2CO)cc1. The van der Waals surface area contributed by atoms with E-state index in [4.69, 9.17) is 9.57 Å². The predicted octanol–water partition coefficient (Wildman–Crippen LogP) is 1.58. The quantitative estimate of drug-likeness (QED) is 0.417. The van der Waals surface area contributed by atoms with Gasteiger partial charge in [-0.25, -0.2) is 13.4 Å². The molecular weight excluding hydrogens is 475 g/mol. The summed E-state index contributed by atoms with van der Waals surface area (Å²) in [5, 5.41) is 15.4. The largest absolute Gasteiger partial charge is 0.395 e. The van der Waals surface area contributed by atoms with Crippen molar-refractivity contribution in [2.75, 3.05) is 31.7 Å². The summed E-state index contributed by atoms with van der Waals surface area (Å²) in [6.07, 6.45) is 2.58. The van der Waals surface area contributed by atoms with Crippen molar-refractivity contribution in [2.45, 2.75) is 36.3 Å². The normalized spacial score (nSPS) is 21.9. The van der Waals surface area contributed by atoms with Crippen LogP contribution < -0.4 is 5.32 Å². The Morgan fingerprint density at radius 1 is 1.36 bits per heavy atom. The summed E-state index contributed by atoms with van der Waals surface area (Å²) in [5.74, 6) is -0.682. The van der Waals surface area contributed by atoms with Gasteiger partial charge < -0.3 is 14.7 Å². The number of nitrogens with one attached hydrogen (secondary N) is 1. The summed E-state index contributed by atoms with van der Waals surface area (Å²) in [4.78, 5) is 22.1. The molecule has 0 bridgehead atoms. The molecule has 0 unspecified atom stereocenters. The van der Waals surface area contributed by atoms with Gasteiger partial charge in [0.25, 0.3) is 5.91 Å². The van der Waals surface area contributed by atoms with Crippen LogP contribution in [0.15, 0.2) is 40.5 Å². The Balaban J connectivity index is 1.58. The lowest BCUT2D eigenvalue weighted by atomic mass is 10.1. The number of benzene rings is 1. The van der Waals surface area contributed by atoms with Gasteiger partial charge in [-0.1, -0.05) is 28.6 Å². The zero-order chi connectivity index (χ0) is 23.4. The first-order valence-electron chi connectivity index (χ1n) is 10.4. The molecule has 178 valence electrons. The number of nitrogens with zero attached hydrogens (tertiary/aromatic N) is 3. The highest BCUT2D eigenvalue weighted by Crippen LogP contribution is 2.26. The van der Waals surface area contributed by atoms with Gasteiger partial charge in [-0.05, 0) is 25.0 Å². The highest BCUT2D eigenvalue weighted by Gasteiger charge is 2.35. The van der Waals surface area contributed by atoms with Gasteiger partial charge in [-0.15, -0.1) is 0 Å². The third kappa shape index (κ3) is 5.38. The third-order valence-corrected chi connectivity index (χ3v) is 8.03. The Labute approximate surface area is 194 Å². The van der Waals surface area contributed by atoms with E-state index in [2.05, 4.69) is 15.5 Å². The third-order valence-electron chi connectivity index (χ3n) is 5.36. The van der Waals surface area contributed by atoms with Crippen molar-refractivity contribution < 1.29 is 32.3 Å². The van der Waals surface area contributed by atoms with E-state index in [9.17, 15) is 22.7 Å². The first-order chi connectivity index (χ1) is 15.9. The average molecular weight is 499 g/mol. The van der Waals surface area contributed by atoms with E-state index in [1.54, 1.807) is 0 Å². The molecule has 4 rings (SSSR count). The molecule has 1 amide bonds. The van der Waals surface area contributed by atoms with Crippen LogP contribution in [-0.4, -0.2) is 72.9 Å². The summed E-state index contributed by atoms with van der Waals surface area (Å²) in [7, 11) is -3.80. The molecule has 3 heterocycles. The highest BCUT2D eigenvalue weighted by molar-refractivity contribution is 7.89. The fraction of sp³-hybridized carbons (Fsp3) is 0.450. The lowest BCUT2D eigenvalue weighted by Gasteiger charge is -2.22. The first-order valence-corrected chi connectivity index (χ1v) is 12.6. The number of carbonyl (C=O) groups excluding carboxylic acids is 1. The summed E-state index contributed by atoms with van der Waals surface area (Å²) in [6.45, 7) is 0.965. The summed E-state index contributed by atoms with van der Waals surface area (Å²) < 4.78 is 45.8. The summed E-state index contributed by atoms with van der Waals surface area (Å²) >= 11 is 0.663. The molecule has 0 saturated carbocycles. The molecular formula is C20H23FN4O6S2. The molecule has 0 spiro atoms. The number of oxime groups is 1. The van der Waals surface area contributed by atoms with Crippen molar-refractivity contribution in [1.82, 2.24) is 9.29 Å². The van der Waals surface area contributed by atoms with Crippen LogP contribution >= 0.6 is 11.3 Å². The number of sulfonamides is 1. The predicted molar refractivity (Wildman–Crippen MR) is 118 cm³/mol. The van der Waals surface area contributed by atoms with Crippen LogP contribution in [0.1, 0.15) is 24.8 Å². The van der Waals surface area contributed by atoms with E-state index >= 15 is 0 Å². The number of anilines is 1. The van der Waals surface area contributed by atoms with Crippen LogP contribution in [-0.2, 0) is 24.4 Å². The first kappa shape index (κ1) is 23.7. The van der Waals surface area contributed by atoms with E-state index in [-0.39, 0.29) is 28.4 Å². The number of carbonyl (C=O) groups is 1. The Hall–Kier alpha value is -2.45. The number of hydrogen-bond donors (Lipinski definition) is 2. The maximum absolute atomic E-state index is 13.3. The van der Waals surface area contributed by atoms with Gasteiger partial charge in [0.15, 0.2) is 22.1 Å². The molecule has 2 aromatic rings. The van der Waals surface area contributed by atoms with Crippen molar-refractivity contribution in [2.24, 2.45) is 5.16 Å². The molecule has 2 saturated heterocycles. The molecule has 0 aliphatic carbocycles. The summed E-state index contributed by atoms with van der Waals surface area (Å²) in [6, 6.07) is 5.21. The van der Waals surface area contributed by atoms with Crippen molar-refractivity contribution in [3.05, 3.63) is 41.2 Å². The second-order valence-corrected chi connectivity index (χ2v) is 10.4. The number of aliphatic hydroxyl groups excluding tert-OH is 1. The van der Waals surface area contributed by atoms with E-state index in [1.165, 1.54) is 28.6 Å². The van der Waals surface area contributed by atoms with Crippen LogP contribution in [0.25, 0.3) is 0 Å². The Kier molecular flexibility index (Phi) is 7.34. The lowest BCUT2D eigenvalue weighted by Crippen LogP contribution is -2.37. The minimum Gasteiger partial charge on any atom is -0.395 e. The number of rotatable bonds is 8. The zero-order valence-electron chi connectivity index (χ0n) is 17.5. The minimum absolute atomic E-state index is 0.0402. The molecule has 2 atom stereocenters. The smallest absolute Gasteiger partial charge is 0.280 e. The monoisotopic (exact) mass is 498 g/mol. The second-order valence-electron chi connectivity index (χ2n) is 7.57. The van der Waals surface area contributed by atoms with Gasteiger partial charge in [0, 0.05) is 24.6 Å². The molecule has 2 aliphatic rings. The van der Waals surface area contributed by atoms with Crippen LogP contribution in [0, 0.1) is 5.13 Å². The van der Waals surface area contributed by atoms with Crippen molar-refractivity contribution in [3.63, 3.8) is 0 Å². The van der Waals surface area contributed by atoms with Crippen molar-refractivity contribution in [1.29, 1.82) is 0 Å². The van der Waals surface area contributed by atoms with Crippen LogP contribution in [0.4, 0.5) is 9.52 Å². The van der Waals surface area contributed by atoms with Crippen molar-refractivity contribution >= 4 is 38.1 Å². The van der Waals surface area contributed by atoms with E-state index in [0.29, 0.717) is 55.9 Å². The van der Waals surface area contributed by atoms with E-state index in [0.717, 1.165) is 6.20 Å². The molecule has 0 radical (unpaired) electrons. The number of halogens is 1. The Morgan fingerprint density at radius 2 is 2.15 bits per heavy atom. The lowest BCUT2D eigenvalue weighted by molar-refractivity contribution is -0.110. The van der Waals surface area contributed by atoms with Crippen LogP contribution in [0.2, 0.25) is 0 Å². The van der Waals surface area contributed by atoms with E-state index < -0.39 is 27.1 Å². The zero-order valence-corrected chi connectivity index (χ0v) is 19.1. The Morgan fingerprint density at radius 3 is 2.79 bits per heavy atom. The fourth-order valence-electron chi connectivity index (χ4n) is 3.65. The number of hydrogen-bond acceptors (Lipinski definition) is 9. The van der Waals surface area contributed by atoms with E-state index in [1.807, 2.05) is 0 Å². The maximum atomic E-state index is 13.3. The molecule has 33 heavy (non-hydrogen) atoms. The number of amides is 1. The van der Waals surface area contributed by atoms with Crippen LogP contribution in [0.3, 0.4) is 0 Å². The Bertz CT molecular complexity index is 1120. The number of thiazole rings is 1. The van der Waals surface area contributed by atoms with Crippen molar-refractivity contribution in [3.8, 4) is 0 Å². The number of ether oxygens (including phenoxy) is 1. The number of aromatic nitrogens is 1. The molecule has 10 nitrogen and oxygen atoms in total. The summed E-state index contributed by atoms with van der Waals surface area (Å²) in [5.41, 5.74) is 0.193. The molecule has 1 aromatic heterocycles. The molecule has 13 heteroatoms. The molecule has 2 aliphatic heterocycles. The van der Waals surface area contributed by atoms with Crippen LogP contribution in [0.5, 0.6) is 0 Å². The van der Waals surface area contributed by atoms with Gasteiger partial charge >= 0.3 is 0 Å². The topological polar surface area (TPSA) is 130 Å². The minimum atomic E-state index is -3.80. The fourth-order valence-corrected chi connectivity index (χ4v) is 5.87.